The molecule has 9 heteroatoms. The molecular weight excluding hydrogens is 390 g/mol. The maximum Gasteiger partial charge on any atom is 0.272 e. The summed E-state index contributed by atoms with van der Waals surface area (Å²) in [5, 5.41) is 7.08. The van der Waals surface area contributed by atoms with E-state index in [-0.39, 0.29) is 11.4 Å². The van der Waals surface area contributed by atoms with Crippen LogP contribution in [0.5, 0.6) is 0 Å². The number of amides is 1. The van der Waals surface area contributed by atoms with Crippen LogP contribution < -0.4 is 9.94 Å². The Kier molecular flexibility index (Phi) is 5.20. The average molecular weight is 404 g/mol. The molecule has 0 aliphatic heterocycles. The molecule has 0 unspecified atom stereocenters. The number of benzene rings is 1. The van der Waals surface area contributed by atoms with Gasteiger partial charge in [-0.1, -0.05) is 23.3 Å². The lowest BCUT2D eigenvalue weighted by Gasteiger charge is -2.01. The molecule has 1 aromatic carbocycles. The highest BCUT2D eigenvalue weighted by atomic mass is 32.2. The highest BCUT2D eigenvalue weighted by Crippen LogP contribution is 2.21. The number of nitrogens with zero attached hydrogens (tertiary/aromatic N) is 2. The summed E-state index contributed by atoms with van der Waals surface area (Å²) in [5.41, 5.74) is 0.689. The predicted octanol–water partition coefficient (Wildman–Crippen LogP) is 2.19. The highest BCUT2D eigenvalue weighted by molar-refractivity contribution is 7.89. The number of thiophene rings is 1. The third kappa shape index (κ3) is 4.00. The summed E-state index contributed by atoms with van der Waals surface area (Å²) in [6.45, 7) is 0.204. The Bertz CT molecular complexity index is 1210. The van der Waals surface area contributed by atoms with Crippen LogP contribution in [0.1, 0.15) is 4.88 Å². The number of sulfonamides is 1. The molecule has 0 aliphatic carbocycles. The van der Waals surface area contributed by atoms with Crippen molar-refractivity contribution >= 4 is 54.9 Å². The van der Waals surface area contributed by atoms with Gasteiger partial charge in [0.1, 0.15) is 0 Å². The minimum absolute atomic E-state index is 0.00502. The third-order valence-corrected chi connectivity index (χ3v) is 6.16. The summed E-state index contributed by atoms with van der Waals surface area (Å²) >= 11 is 2.69. The number of carbonyl (C=O) groups excluding carboxylic acids is 1. The molecule has 2 N–H and O–H groups in total. The Balaban J connectivity index is 2.07. The zero-order valence-electron chi connectivity index (χ0n) is 13.3. The lowest BCUT2D eigenvalue weighted by Crippen LogP contribution is -2.16. The van der Waals surface area contributed by atoms with E-state index in [1.54, 1.807) is 16.7 Å². The van der Waals surface area contributed by atoms with Gasteiger partial charge in [0.15, 0.2) is 4.80 Å². The number of hydrogen-bond donors (Lipinski definition) is 1. The molecule has 3 rings (SSSR count). The van der Waals surface area contributed by atoms with Crippen LogP contribution in [0.15, 0.2) is 51.7 Å². The average Bonchev–Trinajstić information content (AvgIpc) is 3.20. The molecule has 2 aromatic heterocycles. The van der Waals surface area contributed by atoms with E-state index >= 15 is 0 Å². The van der Waals surface area contributed by atoms with Crippen molar-refractivity contribution < 1.29 is 13.2 Å². The maximum absolute atomic E-state index is 12.1. The topological polar surface area (TPSA) is 94.5 Å². The van der Waals surface area contributed by atoms with E-state index in [1.165, 1.54) is 40.9 Å². The van der Waals surface area contributed by atoms with E-state index < -0.39 is 15.9 Å². The number of thiazole rings is 1. The van der Waals surface area contributed by atoms with Gasteiger partial charge < -0.3 is 4.57 Å². The summed E-state index contributed by atoms with van der Waals surface area (Å²) in [6, 6.07) is 8.24. The standard InChI is InChI=1S/C17H13N3O3S3/c1-2-9-20-14-7-6-13(26(18,22)23)11-15(14)25-17(20)19-16(21)8-5-12-4-3-10-24-12/h1,3-8,10-11H,9H2,(H2,18,22,23)/b8-5+,19-17?. The van der Waals surface area contributed by atoms with Crippen LogP contribution in [0.4, 0.5) is 0 Å². The zero-order chi connectivity index (χ0) is 18.7. The zero-order valence-corrected chi connectivity index (χ0v) is 15.8. The van der Waals surface area contributed by atoms with E-state index in [1.807, 2.05) is 17.5 Å². The summed E-state index contributed by atoms with van der Waals surface area (Å²) < 4.78 is 25.4. The summed E-state index contributed by atoms with van der Waals surface area (Å²) in [4.78, 5) is 17.6. The van der Waals surface area contributed by atoms with Crippen molar-refractivity contribution in [2.24, 2.45) is 10.1 Å². The van der Waals surface area contributed by atoms with E-state index in [9.17, 15) is 13.2 Å². The molecule has 0 fully saturated rings. The molecule has 0 saturated carbocycles. The molecule has 0 atom stereocenters. The van der Waals surface area contributed by atoms with Gasteiger partial charge in [0.2, 0.25) is 10.0 Å². The second-order valence-electron chi connectivity index (χ2n) is 5.15. The third-order valence-electron chi connectivity index (χ3n) is 3.37. The van der Waals surface area contributed by atoms with E-state index in [2.05, 4.69) is 10.9 Å². The monoisotopic (exact) mass is 403 g/mol. The first-order valence-electron chi connectivity index (χ1n) is 7.28. The number of terminal acetylenes is 1. The molecular formula is C17H13N3O3S3. The minimum Gasteiger partial charge on any atom is -0.305 e. The van der Waals surface area contributed by atoms with Gasteiger partial charge in [0, 0.05) is 11.0 Å². The molecule has 0 aliphatic rings. The first kappa shape index (κ1) is 18.3. The molecule has 6 nitrogen and oxygen atoms in total. The van der Waals surface area contributed by atoms with Crippen LogP contribution in [0.3, 0.4) is 0 Å². The fourth-order valence-corrected chi connectivity index (χ4v) is 4.54. The first-order chi connectivity index (χ1) is 12.4. The number of carbonyl (C=O) groups is 1. The maximum atomic E-state index is 12.1. The summed E-state index contributed by atoms with van der Waals surface area (Å²) in [7, 11) is -3.82. The van der Waals surface area contributed by atoms with Crippen molar-refractivity contribution in [2.45, 2.75) is 11.4 Å². The Morgan fingerprint density at radius 1 is 1.38 bits per heavy atom. The molecule has 0 spiro atoms. The quantitative estimate of drug-likeness (QED) is 0.534. The van der Waals surface area contributed by atoms with Gasteiger partial charge in [-0.25, -0.2) is 13.6 Å². The summed E-state index contributed by atoms with van der Waals surface area (Å²) in [5.74, 6) is 2.09. The van der Waals surface area contributed by atoms with Crippen LogP contribution >= 0.6 is 22.7 Å². The van der Waals surface area contributed by atoms with Gasteiger partial charge >= 0.3 is 0 Å². The second kappa shape index (κ2) is 7.39. The normalized spacial score (nSPS) is 12.7. The van der Waals surface area contributed by atoms with Crippen LogP contribution in [0.2, 0.25) is 0 Å². The van der Waals surface area contributed by atoms with Crippen molar-refractivity contribution in [1.82, 2.24) is 4.57 Å². The van der Waals surface area contributed by atoms with Gasteiger partial charge in [-0.2, -0.15) is 4.99 Å². The minimum atomic E-state index is -3.82. The molecule has 2 heterocycles. The number of rotatable bonds is 4. The molecule has 0 radical (unpaired) electrons. The molecule has 1 amide bonds. The second-order valence-corrected chi connectivity index (χ2v) is 8.70. The lowest BCUT2D eigenvalue weighted by atomic mass is 10.3. The van der Waals surface area contributed by atoms with Crippen molar-refractivity contribution in [3.8, 4) is 12.3 Å². The fraction of sp³-hybridized carbons (Fsp3) is 0.0588. The molecule has 26 heavy (non-hydrogen) atoms. The molecule has 3 aromatic rings. The van der Waals surface area contributed by atoms with E-state index in [0.717, 1.165) is 4.88 Å². The number of nitrogens with two attached hydrogens (primary N) is 1. The van der Waals surface area contributed by atoms with Crippen LogP contribution in [0, 0.1) is 12.3 Å². The number of hydrogen-bond acceptors (Lipinski definition) is 5. The largest absolute Gasteiger partial charge is 0.305 e. The Labute approximate surface area is 158 Å². The molecule has 0 saturated heterocycles. The van der Waals surface area contributed by atoms with Crippen molar-refractivity contribution in [2.75, 3.05) is 0 Å². The Hall–Kier alpha value is -2.51. The van der Waals surface area contributed by atoms with Crippen LogP contribution in [0.25, 0.3) is 16.3 Å². The first-order valence-corrected chi connectivity index (χ1v) is 10.5. The predicted molar refractivity (Wildman–Crippen MR) is 104 cm³/mol. The van der Waals surface area contributed by atoms with Crippen molar-refractivity contribution in [1.29, 1.82) is 0 Å². The Morgan fingerprint density at radius 3 is 2.85 bits per heavy atom. The van der Waals surface area contributed by atoms with Gasteiger partial charge in [-0.3, -0.25) is 4.79 Å². The summed E-state index contributed by atoms with van der Waals surface area (Å²) in [6.07, 6.45) is 8.48. The van der Waals surface area contributed by atoms with Crippen LogP contribution in [-0.4, -0.2) is 18.9 Å². The smallest absolute Gasteiger partial charge is 0.272 e. The van der Waals surface area contributed by atoms with Gasteiger partial charge in [-0.05, 0) is 35.7 Å². The highest BCUT2D eigenvalue weighted by Gasteiger charge is 2.12. The fourth-order valence-electron chi connectivity index (χ4n) is 2.23. The SMILES string of the molecule is C#CCn1c(=NC(=O)/C=C/c2cccs2)sc2cc(S(N)(=O)=O)ccc21. The number of primary sulfonamides is 1. The lowest BCUT2D eigenvalue weighted by molar-refractivity contribution is -0.113. The van der Waals surface area contributed by atoms with Crippen molar-refractivity contribution in [3.63, 3.8) is 0 Å². The van der Waals surface area contributed by atoms with Gasteiger partial charge in [0.25, 0.3) is 5.91 Å². The van der Waals surface area contributed by atoms with Crippen molar-refractivity contribution in [3.05, 3.63) is 51.5 Å². The number of fused-ring (bicyclic) bond motifs is 1. The number of aromatic nitrogens is 1. The van der Waals surface area contributed by atoms with E-state index in [4.69, 9.17) is 11.6 Å². The van der Waals surface area contributed by atoms with Gasteiger partial charge in [-0.15, -0.1) is 17.8 Å². The Morgan fingerprint density at radius 2 is 2.19 bits per heavy atom. The van der Waals surface area contributed by atoms with E-state index in [0.29, 0.717) is 15.0 Å². The molecule has 132 valence electrons. The molecule has 0 bridgehead atoms. The van der Waals surface area contributed by atoms with Gasteiger partial charge in [0.05, 0.1) is 21.7 Å². The van der Waals surface area contributed by atoms with Crippen LogP contribution in [-0.2, 0) is 21.4 Å².